The Labute approximate surface area is 192 Å². The summed E-state index contributed by atoms with van der Waals surface area (Å²) in [4.78, 5) is 9.71. The lowest BCUT2D eigenvalue weighted by Crippen LogP contribution is -2.64. The Bertz CT molecular complexity index is 781. The zero-order chi connectivity index (χ0) is 23.0. The summed E-state index contributed by atoms with van der Waals surface area (Å²) < 4.78 is 11.0. The minimum atomic E-state index is -0.987. The first kappa shape index (κ1) is 24.6. The van der Waals surface area contributed by atoms with E-state index in [4.69, 9.17) is 30.9 Å². The van der Waals surface area contributed by atoms with Crippen LogP contribution in [-0.4, -0.2) is 56.6 Å². The Morgan fingerprint density at radius 2 is 1.72 bits per heavy atom. The first-order valence-corrected chi connectivity index (χ1v) is 11.8. The number of hydrogen-bond donors (Lipinski definition) is 4. The smallest absolute Gasteiger partial charge is 0.200 e. The molecule has 1 atom stereocenters. The number of amidine groups is 1. The molecule has 1 aromatic rings. The molecular weight excluding hydrogens is 404 g/mol. The van der Waals surface area contributed by atoms with E-state index in [1.807, 2.05) is 0 Å². The maximum atomic E-state index is 6.67. The molecule has 6 N–H and O–H groups in total. The number of benzene rings is 1. The summed E-state index contributed by atoms with van der Waals surface area (Å²) in [6, 6.07) is 8.82. The third-order valence-electron chi connectivity index (χ3n) is 5.81. The van der Waals surface area contributed by atoms with Gasteiger partial charge >= 0.3 is 0 Å². The van der Waals surface area contributed by atoms with Crippen molar-refractivity contribution >= 4 is 11.8 Å². The third-order valence-corrected chi connectivity index (χ3v) is 5.81. The standard InChI is InChI=1S/C24H40N6O2/c1-23(2,3)19-10-8-18(9-11-19)21-28-22(27-20-6-4-5-7-20)30-24(26,29-21)12-14-31-16-17-32-15-13-25/h8-11,20H,4-7,12-17,25-26H2,1-3H3,(H2,27,28,29,30). The van der Waals surface area contributed by atoms with Gasteiger partial charge in [0.15, 0.2) is 11.7 Å². The molecule has 1 aliphatic heterocycles. The summed E-state index contributed by atoms with van der Waals surface area (Å²) >= 11 is 0. The van der Waals surface area contributed by atoms with E-state index in [1.54, 1.807) is 0 Å². The Kier molecular flexibility index (Phi) is 8.64. The Hall–Kier alpha value is -2.00. The van der Waals surface area contributed by atoms with Crippen LogP contribution in [0.25, 0.3) is 0 Å². The first-order valence-electron chi connectivity index (χ1n) is 11.8. The van der Waals surface area contributed by atoms with Gasteiger partial charge < -0.3 is 25.8 Å². The van der Waals surface area contributed by atoms with Crippen LogP contribution in [0.1, 0.15) is 64.0 Å². The first-order chi connectivity index (χ1) is 15.3. The number of guanidine groups is 1. The summed E-state index contributed by atoms with van der Waals surface area (Å²) in [7, 11) is 0. The van der Waals surface area contributed by atoms with Gasteiger partial charge in [-0.1, -0.05) is 57.9 Å². The Balaban J connectivity index is 1.72. The normalized spacial score (nSPS) is 23.2. The molecule has 8 heteroatoms. The highest BCUT2D eigenvalue weighted by atomic mass is 16.5. The van der Waals surface area contributed by atoms with E-state index >= 15 is 0 Å². The molecule has 0 bridgehead atoms. The average molecular weight is 445 g/mol. The van der Waals surface area contributed by atoms with Crippen LogP contribution in [0, 0.1) is 0 Å². The van der Waals surface area contributed by atoms with Gasteiger partial charge in [-0.25, -0.2) is 9.98 Å². The molecule has 1 heterocycles. The number of aliphatic imine (C=N–C) groups is 2. The van der Waals surface area contributed by atoms with Gasteiger partial charge in [-0.2, -0.15) is 0 Å². The maximum Gasteiger partial charge on any atom is 0.200 e. The monoisotopic (exact) mass is 444 g/mol. The predicted molar refractivity (Wildman–Crippen MR) is 130 cm³/mol. The number of nitrogens with one attached hydrogen (secondary N) is 2. The maximum absolute atomic E-state index is 6.67. The third kappa shape index (κ3) is 7.27. The highest BCUT2D eigenvalue weighted by molar-refractivity contribution is 6.10. The SMILES string of the molecule is CC(C)(C)c1ccc(C2=NC(N)(CCOCCOCCN)NC(=NC3CCCC3)N2)cc1. The topological polar surface area (TPSA) is 119 Å². The van der Waals surface area contributed by atoms with Crippen molar-refractivity contribution in [2.45, 2.75) is 70.1 Å². The zero-order valence-electron chi connectivity index (χ0n) is 19.8. The highest BCUT2D eigenvalue weighted by Crippen LogP contribution is 2.24. The molecule has 8 nitrogen and oxygen atoms in total. The van der Waals surface area contributed by atoms with Crippen LogP contribution in [0.4, 0.5) is 0 Å². The van der Waals surface area contributed by atoms with E-state index < -0.39 is 5.79 Å². The number of nitrogens with two attached hydrogens (primary N) is 2. The van der Waals surface area contributed by atoms with Crippen molar-refractivity contribution in [3.05, 3.63) is 35.4 Å². The number of nitrogens with zero attached hydrogens (tertiary/aromatic N) is 2. The second-order valence-corrected chi connectivity index (χ2v) is 9.64. The van der Waals surface area contributed by atoms with Crippen LogP contribution in [0.2, 0.25) is 0 Å². The number of ether oxygens (including phenoxy) is 2. The van der Waals surface area contributed by atoms with E-state index in [-0.39, 0.29) is 5.41 Å². The molecule has 1 unspecified atom stereocenters. The molecule has 1 aliphatic carbocycles. The second kappa shape index (κ2) is 11.2. The highest BCUT2D eigenvalue weighted by Gasteiger charge is 2.32. The van der Waals surface area contributed by atoms with Crippen molar-refractivity contribution in [2.75, 3.05) is 33.0 Å². The van der Waals surface area contributed by atoms with Crippen LogP contribution in [0.5, 0.6) is 0 Å². The van der Waals surface area contributed by atoms with E-state index in [2.05, 4.69) is 55.7 Å². The molecule has 178 valence electrons. The lowest BCUT2D eigenvalue weighted by atomic mass is 9.86. The van der Waals surface area contributed by atoms with Gasteiger partial charge in [0.2, 0.25) is 0 Å². The van der Waals surface area contributed by atoms with Gasteiger partial charge in [0.05, 0.1) is 32.5 Å². The summed E-state index contributed by atoms with van der Waals surface area (Å²) in [5.74, 6) is 0.434. The van der Waals surface area contributed by atoms with Crippen LogP contribution < -0.4 is 22.1 Å². The van der Waals surface area contributed by atoms with Gasteiger partial charge in [0.1, 0.15) is 5.84 Å². The van der Waals surface area contributed by atoms with Gasteiger partial charge in [0, 0.05) is 18.5 Å². The lowest BCUT2D eigenvalue weighted by molar-refractivity contribution is 0.0430. The molecule has 2 aliphatic rings. The van der Waals surface area contributed by atoms with Crippen molar-refractivity contribution in [1.29, 1.82) is 0 Å². The molecule has 1 aromatic carbocycles. The summed E-state index contributed by atoms with van der Waals surface area (Å²) in [6.07, 6.45) is 5.19. The summed E-state index contributed by atoms with van der Waals surface area (Å²) in [6.45, 7) is 9.17. The molecule has 0 spiro atoms. The minimum absolute atomic E-state index is 0.0970. The molecule has 32 heavy (non-hydrogen) atoms. The molecular formula is C24H40N6O2. The summed E-state index contributed by atoms with van der Waals surface area (Å²) in [5, 5.41) is 6.68. The van der Waals surface area contributed by atoms with E-state index in [1.165, 1.54) is 18.4 Å². The van der Waals surface area contributed by atoms with Gasteiger partial charge in [-0.05, 0) is 23.8 Å². The van der Waals surface area contributed by atoms with E-state index in [0.29, 0.717) is 51.4 Å². The number of hydrogen-bond acceptors (Lipinski definition) is 6. The minimum Gasteiger partial charge on any atom is -0.379 e. The molecule has 1 saturated carbocycles. The fraction of sp³-hybridized carbons (Fsp3) is 0.667. The van der Waals surface area contributed by atoms with Crippen molar-refractivity contribution in [3.8, 4) is 0 Å². The molecule has 0 aromatic heterocycles. The quantitative estimate of drug-likeness (QED) is 0.411. The predicted octanol–water partition coefficient (Wildman–Crippen LogP) is 2.22. The molecule has 0 radical (unpaired) electrons. The van der Waals surface area contributed by atoms with Crippen LogP contribution in [-0.2, 0) is 14.9 Å². The van der Waals surface area contributed by atoms with Crippen molar-refractivity contribution < 1.29 is 9.47 Å². The van der Waals surface area contributed by atoms with Crippen molar-refractivity contribution in [1.82, 2.24) is 10.6 Å². The largest absolute Gasteiger partial charge is 0.379 e. The fourth-order valence-corrected chi connectivity index (χ4v) is 3.90. The van der Waals surface area contributed by atoms with Gasteiger partial charge in [-0.3, -0.25) is 5.73 Å². The summed E-state index contributed by atoms with van der Waals surface area (Å²) in [5.41, 5.74) is 14.5. The van der Waals surface area contributed by atoms with Crippen LogP contribution in [0.3, 0.4) is 0 Å². The molecule has 0 amide bonds. The van der Waals surface area contributed by atoms with E-state index in [0.717, 1.165) is 24.2 Å². The van der Waals surface area contributed by atoms with Gasteiger partial charge in [0.25, 0.3) is 0 Å². The van der Waals surface area contributed by atoms with E-state index in [9.17, 15) is 0 Å². The van der Waals surface area contributed by atoms with Gasteiger partial charge in [-0.15, -0.1) is 0 Å². The Morgan fingerprint density at radius 3 is 2.34 bits per heavy atom. The molecule has 3 rings (SSSR count). The Morgan fingerprint density at radius 1 is 1.06 bits per heavy atom. The lowest BCUT2D eigenvalue weighted by Gasteiger charge is -2.34. The molecule has 0 saturated heterocycles. The number of rotatable bonds is 10. The fourth-order valence-electron chi connectivity index (χ4n) is 3.90. The average Bonchev–Trinajstić information content (AvgIpc) is 3.25. The van der Waals surface area contributed by atoms with Crippen LogP contribution >= 0.6 is 0 Å². The van der Waals surface area contributed by atoms with Crippen molar-refractivity contribution in [2.24, 2.45) is 21.5 Å². The van der Waals surface area contributed by atoms with Crippen LogP contribution in [0.15, 0.2) is 34.3 Å². The molecule has 1 fully saturated rings. The second-order valence-electron chi connectivity index (χ2n) is 9.64. The zero-order valence-corrected chi connectivity index (χ0v) is 19.8. The van der Waals surface area contributed by atoms with Crippen molar-refractivity contribution in [3.63, 3.8) is 0 Å².